The van der Waals surface area contributed by atoms with Gasteiger partial charge in [0.1, 0.15) is 17.8 Å². The lowest BCUT2D eigenvalue weighted by molar-refractivity contribution is -0.133. The van der Waals surface area contributed by atoms with Crippen LogP contribution in [0.2, 0.25) is 0 Å². The van der Waals surface area contributed by atoms with Gasteiger partial charge in [-0.3, -0.25) is 14.4 Å². The molecule has 3 rings (SSSR count). The Balaban J connectivity index is 1.98. The van der Waals surface area contributed by atoms with Gasteiger partial charge in [-0.1, -0.05) is 56.7 Å². The fraction of sp³-hybridized carbons (Fsp3) is 0.370. The largest absolute Gasteiger partial charge is 0.496 e. The van der Waals surface area contributed by atoms with Gasteiger partial charge in [-0.05, 0) is 40.8 Å². The number of hydrogen-bond donors (Lipinski definition) is 4. The Morgan fingerprint density at radius 1 is 1.03 bits per heavy atom. The van der Waals surface area contributed by atoms with Crippen molar-refractivity contribution in [2.45, 2.75) is 51.2 Å². The molecule has 2 bridgehead atoms. The van der Waals surface area contributed by atoms with Crippen LogP contribution >= 0.6 is 0 Å². The summed E-state index contributed by atoms with van der Waals surface area (Å²) in [5.41, 5.74) is 8.71. The van der Waals surface area contributed by atoms with Crippen LogP contribution in [0.25, 0.3) is 6.08 Å². The zero-order chi connectivity index (χ0) is 25.4. The zero-order valence-corrected chi connectivity index (χ0v) is 20.4. The third-order valence-corrected chi connectivity index (χ3v) is 6.29. The van der Waals surface area contributed by atoms with E-state index in [0.29, 0.717) is 18.6 Å². The Labute approximate surface area is 206 Å². The Bertz CT molecular complexity index is 1070. The van der Waals surface area contributed by atoms with Crippen molar-refractivity contribution in [2.24, 2.45) is 11.7 Å². The van der Waals surface area contributed by atoms with Crippen LogP contribution < -0.4 is 26.4 Å². The molecule has 0 fully saturated rings. The smallest absolute Gasteiger partial charge is 0.246 e. The minimum atomic E-state index is -0.882. The Hall–Kier alpha value is -3.65. The zero-order valence-electron chi connectivity index (χ0n) is 20.4. The fourth-order valence-electron chi connectivity index (χ4n) is 3.99. The van der Waals surface area contributed by atoms with E-state index in [9.17, 15) is 14.4 Å². The molecule has 1 aliphatic heterocycles. The lowest BCUT2D eigenvalue weighted by Gasteiger charge is -2.27. The van der Waals surface area contributed by atoms with Gasteiger partial charge >= 0.3 is 0 Å². The van der Waals surface area contributed by atoms with Crippen LogP contribution in [0.15, 0.2) is 54.7 Å². The number of nitrogens with one attached hydrogen (secondary N) is 3. The molecular weight excluding hydrogens is 444 g/mol. The monoisotopic (exact) mass is 478 g/mol. The van der Waals surface area contributed by atoms with Crippen molar-refractivity contribution in [1.82, 2.24) is 16.0 Å². The van der Waals surface area contributed by atoms with Crippen molar-refractivity contribution in [3.05, 3.63) is 71.4 Å². The van der Waals surface area contributed by atoms with Crippen LogP contribution in [0.1, 0.15) is 37.0 Å². The number of rotatable bonds is 5. The van der Waals surface area contributed by atoms with E-state index in [1.807, 2.05) is 56.3 Å². The minimum absolute atomic E-state index is 0.167. The summed E-state index contributed by atoms with van der Waals surface area (Å²) in [5, 5.41) is 8.45. The molecule has 8 nitrogen and oxygen atoms in total. The third kappa shape index (κ3) is 6.93. The molecule has 0 saturated heterocycles. The van der Waals surface area contributed by atoms with E-state index >= 15 is 0 Å². The van der Waals surface area contributed by atoms with E-state index in [0.717, 1.165) is 16.7 Å². The molecule has 186 valence electrons. The molecule has 0 aliphatic carbocycles. The topological polar surface area (TPSA) is 123 Å². The molecule has 0 radical (unpaired) electrons. The van der Waals surface area contributed by atoms with Crippen molar-refractivity contribution >= 4 is 23.8 Å². The average molecular weight is 479 g/mol. The highest BCUT2D eigenvalue weighted by atomic mass is 16.5. The van der Waals surface area contributed by atoms with Gasteiger partial charge < -0.3 is 26.4 Å². The van der Waals surface area contributed by atoms with Gasteiger partial charge in [-0.2, -0.15) is 0 Å². The molecule has 2 aromatic rings. The standard InChI is InChI=1S/C27H34N4O4/c1-4-17(2)24-27(34)30-22(15-18-8-6-5-7-9-18)26(33)29-13-12-19-10-11-23(35-3)20(14-19)16-21(28)25(32)31-24/h5-14,17,21-22,24H,4,15-16,28H2,1-3H3,(H,29,33)(H,30,34)(H,31,32)/t17-,21-,22+,24-/m0/s1. The van der Waals surface area contributed by atoms with Gasteiger partial charge in [0, 0.05) is 19.0 Å². The number of benzene rings is 2. The second-order valence-corrected chi connectivity index (χ2v) is 8.85. The molecule has 35 heavy (non-hydrogen) atoms. The van der Waals surface area contributed by atoms with Crippen LogP contribution in [0.3, 0.4) is 0 Å². The van der Waals surface area contributed by atoms with E-state index in [1.54, 1.807) is 25.5 Å². The first-order valence-corrected chi connectivity index (χ1v) is 11.9. The Morgan fingerprint density at radius 3 is 2.46 bits per heavy atom. The summed E-state index contributed by atoms with van der Waals surface area (Å²) in [6.45, 7) is 3.82. The van der Waals surface area contributed by atoms with E-state index in [1.165, 1.54) is 0 Å². The maximum Gasteiger partial charge on any atom is 0.246 e. The predicted molar refractivity (Wildman–Crippen MR) is 135 cm³/mol. The van der Waals surface area contributed by atoms with Gasteiger partial charge in [0.25, 0.3) is 0 Å². The SMILES string of the molecule is CC[C@H](C)[C@@H]1NC(=O)[C@@H](N)Cc2cc(ccc2OC)C=CNC(=O)[C@@H](Cc2ccccc2)NC1=O. The number of ether oxygens (including phenoxy) is 1. The number of fused-ring (bicyclic) bond motifs is 2. The van der Waals surface area contributed by atoms with Gasteiger partial charge in [-0.25, -0.2) is 0 Å². The summed E-state index contributed by atoms with van der Waals surface area (Å²) in [6, 6.07) is 12.4. The van der Waals surface area contributed by atoms with Crippen molar-refractivity contribution in [1.29, 1.82) is 0 Å². The van der Waals surface area contributed by atoms with Gasteiger partial charge in [0.15, 0.2) is 0 Å². The molecule has 0 unspecified atom stereocenters. The number of methoxy groups -OCH3 is 1. The first-order chi connectivity index (χ1) is 16.8. The van der Waals surface area contributed by atoms with Crippen LogP contribution in [-0.4, -0.2) is 43.0 Å². The van der Waals surface area contributed by atoms with E-state index in [-0.39, 0.29) is 18.2 Å². The van der Waals surface area contributed by atoms with Crippen molar-refractivity contribution in [2.75, 3.05) is 7.11 Å². The molecule has 0 spiro atoms. The van der Waals surface area contributed by atoms with Crippen molar-refractivity contribution < 1.29 is 19.1 Å². The third-order valence-electron chi connectivity index (χ3n) is 6.29. The fourth-order valence-corrected chi connectivity index (χ4v) is 3.99. The molecule has 3 amide bonds. The summed E-state index contributed by atoms with van der Waals surface area (Å²) >= 11 is 0. The summed E-state index contributed by atoms with van der Waals surface area (Å²) in [5.74, 6) is -0.772. The summed E-state index contributed by atoms with van der Waals surface area (Å²) in [6.07, 6.45) is 4.48. The van der Waals surface area contributed by atoms with Crippen LogP contribution in [0, 0.1) is 5.92 Å². The molecule has 5 N–H and O–H groups in total. The quantitative estimate of drug-likeness (QED) is 0.523. The molecule has 0 aromatic heterocycles. The van der Waals surface area contributed by atoms with E-state index < -0.39 is 29.9 Å². The highest BCUT2D eigenvalue weighted by Gasteiger charge is 2.31. The maximum absolute atomic E-state index is 13.3. The Kier molecular flexibility index (Phi) is 9.03. The molecule has 2 aromatic carbocycles. The molecule has 8 heteroatoms. The minimum Gasteiger partial charge on any atom is -0.496 e. The highest BCUT2D eigenvalue weighted by Crippen LogP contribution is 2.22. The van der Waals surface area contributed by atoms with Gasteiger partial charge in [-0.15, -0.1) is 0 Å². The van der Waals surface area contributed by atoms with Crippen LogP contribution in [0.5, 0.6) is 5.75 Å². The number of carbonyl (C=O) groups excluding carboxylic acids is 3. The van der Waals surface area contributed by atoms with Gasteiger partial charge in [0.2, 0.25) is 17.7 Å². The van der Waals surface area contributed by atoms with Gasteiger partial charge in [0.05, 0.1) is 13.2 Å². The first kappa shape index (κ1) is 26.0. The molecule has 1 aliphatic rings. The Morgan fingerprint density at radius 2 is 1.77 bits per heavy atom. The number of nitrogens with two attached hydrogens (primary N) is 1. The van der Waals surface area contributed by atoms with Crippen molar-refractivity contribution in [3.63, 3.8) is 0 Å². The molecule has 0 saturated carbocycles. The molecule has 1 heterocycles. The van der Waals surface area contributed by atoms with E-state index in [4.69, 9.17) is 10.5 Å². The first-order valence-electron chi connectivity index (χ1n) is 11.9. The number of carbonyl (C=O) groups is 3. The lowest BCUT2D eigenvalue weighted by Crippen LogP contribution is -2.58. The van der Waals surface area contributed by atoms with Crippen molar-refractivity contribution in [3.8, 4) is 5.75 Å². The number of amides is 3. The van der Waals surface area contributed by atoms with Crippen LogP contribution in [0.4, 0.5) is 0 Å². The lowest BCUT2D eigenvalue weighted by atomic mass is 9.96. The van der Waals surface area contributed by atoms with E-state index in [2.05, 4.69) is 16.0 Å². The number of hydrogen-bond acceptors (Lipinski definition) is 5. The highest BCUT2D eigenvalue weighted by molar-refractivity contribution is 5.93. The second kappa shape index (κ2) is 12.2. The second-order valence-electron chi connectivity index (χ2n) is 8.85. The molecule has 4 atom stereocenters. The summed E-state index contributed by atoms with van der Waals surface area (Å²) < 4.78 is 5.43. The normalized spacial score (nSPS) is 22.2. The summed E-state index contributed by atoms with van der Waals surface area (Å²) in [4.78, 5) is 39.4. The predicted octanol–water partition coefficient (Wildman–Crippen LogP) is 1.92. The summed E-state index contributed by atoms with van der Waals surface area (Å²) in [7, 11) is 1.55. The molecular formula is C27H34N4O4. The maximum atomic E-state index is 13.3. The van der Waals surface area contributed by atoms with Crippen LogP contribution in [-0.2, 0) is 27.2 Å². The average Bonchev–Trinajstić information content (AvgIpc) is 2.86.